The molecule has 30 heavy (non-hydrogen) atoms. The molecule has 2 N–H and O–H groups in total. The third-order valence-electron chi connectivity index (χ3n) is 5.52. The quantitative estimate of drug-likeness (QED) is 0.281. The highest BCUT2D eigenvalue weighted by molar-refractivity contribution is 14.0. The fourth-order valence-electron chi connectivity index (χ4n) is 3.70. The van der Waals surface area contributed by atoms with Gasteiger partial charge in [-0.15, -0.1) is 24.0 Å². The number of likely N-dealkylation sites (tertiary alicyclic amines) is 1. The molecule has 1 aromatic carbocycles. The van der Waals surface area contributed by atoms with E-state index in [1.807, 2.05) is 11.8 Å². The summed E-state index contributed by atoms with van der Waals surface area (Å²) in [6.07, 6.45) is 4.04. The first-order valence-corrected chi connectivity index (χ1v) is 11.1. The summed E-state index contributed by atoms with van der Waals surface area (Å²) >= 11 is 6.09. The molecule has 1 aromatic rings. The van der Waals surface area contributed by atoms with Crippen molar-refractivity contribution in [3.05, 3.63) is 34.6 Å². The molecule has 0 saturated carbocycles. The fourth-order valence-corrected chi connectivity index (χ4v) is 3.96. The van der Waals surface area contributed by atoms with E-state index in [4.69, 9.17) is 11.6 Å². The molecule has 1 aliphatic heterocycles. The average molecular weight is 553 g/mol. The summed E-state index contributed by atoms with van der Waals surface area (Å²) in [6.45, 7) is 8.92. The zero-order valence-electron chi connectivity index (χ0n) is 18.2. The van der Waals surface area contributed by atoms with Crippen LogP contribution in [0.5, 0.6) is 0 Å². The van der Waals surface area contributed by atoms with Crippen LogP contribution in [0.4, 0.5) is 4.39 Å². The number of hydrogen-bond acceptors (Lipinski definition) is 2. The molecule has 1 amide bonds. The Morgan fingerprint density at radius 3 is 2.50 bits per heavy atom. The van der Waals surface area contributed by atoms with Gasteiger partial charge >= 0.3 is 0 Å². The third kappa shape index (κ3) is 7.87. The Kier molecular flexibility index (Phi) is 12.6. The second-order valence-corrected chi connectivity index (χ2v) is 7.88. The number of nitrogens with zero attached hydrogens (tertiary/aromatic N) is 2. The average Bonchev–Trinajstić information content (AvgIpc) is 2.71. The minimum Gasteiger partial charge on any atom is -0.357 e. The summed E-state index contributed by atoms with van der Waals surface area (Å²) in [5, 5.41) is 7.15. The molecule has 0 aliphatic carbocycles. The van der Waals surface area contributed by atoms with Crippen molar-refractivity contribution in [3.63, 3.8) is 0 Å². The molecule has 0 atom stereocenters. The summed E-state index contributed by atoms with van der Waals surface area (Å²) in [5.41, 5.74) is 0.502. The van der Waals surface area contributed by atoms with Gasteiger partial charge in [0.25, 0.3) is 0 Å². The summed E-state index contributed by atoms with van der Waals surface area (Å²) in [4.78, 5) is 19.1. The molecule has 170 valence electrons. The number of halogens is 3. The maximum absolute atomic E-state index is 13.9. The van der Waals surface area contributed by atoms with E-state index in [0.29, 0.717) is 23.6 Å². The van der Waals surface area contributed by atoms with Crippen molar-refractivity contribution in [3.8, 4) is 0 Å². The van der Waals surface area contributed by atoms with E-state index in [1.54, 1.807) is 12.1 Å². The van der Waals surface area contributed by atoms with Gasteiger partial charge in [0.2, 0.25) is 5.91 Å². The van der Waals surface area contributed by atoms with Gasteiger partial charge in [0, 0.05) is 48.7 Å². The molecule has 2 rings (SSSR count). The van der Waals surface area contributed by atoms with Crippen LogP contribution < -0.4 is 10.6 Å². The standard InChI is InChI=1S/C22H34ClFN4O.HI/c1-4-16(5-2)21(29)28-14-11-17(12-15-28)27-22(25-6-3)26-13-10-18-19(23)8-7-9-20(18)24;/h7-9,16-17H,4-6,10-15H2,1-3H3,(H2,25,26,27);1H. The second-order valence-electron chi connectivity index (χ2n) is 7.47. The van der Waals surface area contributed by atoms with E-state index >= 15 is 0 Å². The normalized spacial score (nSPS) is 15.1. The van der Waals surface area contributed by atoms with Gasteiger partial charge in [-0.2, -0.15) is 0 Å². The van der Waals surface area contributed by atoms with Crippen LogP contribution in [0.15, 0.2) is 23.2 Å². The monoisotopic (exact) mass is 552 g/mol. The van der Waals surface area contributed by atoms with Crippen LogP contribution in [0.1, 0.15) is 52.0 Å². The van der Waals surface area contributed by atoms with Gasteiger partial charge < -0.3 is 15.5 Å². The van der Waals surface area contributed by atoms with E-state index < -0.39 is 0 Å². The highest BCUT2D eigenvalue weighted by Crippen LogP contribution is 2.20. The highest BCUT2D eigenvalue weighted by atomic mass is 127. The molecule has 1 saturated heterocycles. The molecule has 0 radical (unpaired) electrons. The van der Waals surface area contributed by atoms with E-state index in [1.165, 1.54) is 6.07 Å². The highest BCUT2D eigenvalue weighted by Gasteiger charge is 2.26. The van der Waals surface area contributed by atoms with Gasteiger partial charge in [-0.05, 0) is 51.2 Å². The number of hydrogen-bond donors (Lipinski definition) is 2. The number of amides is 1. The van der Waals surface area contributed by atoms with Crippen molar-refractivity contribution in [2.24, 2.45) is 10.9 Å². The first-order chi connectivity index (χ1) is 14.0. The molecule has 0 unspecified atom stereocenters. The Morgan fingerprint density at radius 1 is 1.27 bits per heavy atom. The first-order valence-electron chi connectivity index (χ1n) is 10.8. The number of guanidine groups is 1. The summed E-state index contributed by atoms with van der Waals surface area (Å²) in [6, 6.07) is 5.00. The number of carbonyl (C=O) groups excluding carboxylic acids is 1. The van der Waals surface area contributed by atoms with Crippen molar-refractivity contribution >= 4 is 47.4 Å². The van der Waals surface area contributed by atoms with Crippen molar-refractivity contribution in [1.82, 2.24) is 15.5 Å². The third-order valence-corrected chi connectivity index (χ3v) is 5.87. The molecule has 5 nitrogen and oxygen atoms in total. The molecule has 1 aliphatic rings. The lowest BCUT2D eigenvalue weighted by Gasteiger charge is -2.34. The maximum atomic E-state index is 13.9. The molecule has 1 heterocycles. The van der Waals surface area contributed by atoms with Gasteiger partial charge in [0.15, 0.2) is 5.96 Å². The molecular weight excluding hydrogens is 518 g/mol. The number of piperidine rings is 1. The van der Waals surface area contributed by atoms with Gasteiger partial charge in [0.1, 0.15) is 5.82 Å². The Balaban J connectivity index is 0.00000450. The second kappa shape index (κ2) is 14.1. The summed E-state index contributed by atoms with van der Waals surface area (Å²) < 4.78 is 13.9. The largest absolute Gasteiger partial charge is 0.357 e. The zero-order chi connectivity index (χ0) is 21.2. The molecule has 0 spiro atoms. The van der Waals surface area contributed by atoms with Crippen LogP contribution in [-0.4, -0.2) is 49.0 Å². The van der Waals surface area contributed by atoms with Crippen molar-refractivity contribution in [1.29, 1.82) is 0 Å². The molecule has 0 bridgehead atoms. The Labute approximate surface area is 202 Å². The van der Waals surface area contributed by atoms with Gasteiger partial charge in [-0.25, -0.2) is 4.39 Å². The predicted molar refractivity (Wildman–Crippen MR) is 133 cm³/mol. The number of aliphatic imine (C=N–C) groups is 1. The molecule has 0 aromatic heterocycles. The van der Waals surface area contributed by atoms with E-state index in [2.05, 4.69) is 29.5 Å². The topological polar surface area (TPSA) is 56.7 Å². The number of benzene rings is 1. The van der Waals surface area contributed by atoms with Crippen LogP contribution in [0, 0.1) is 11.7 Å². The van der Waals surface area contributed by atoms with E-state index in [-0.39, 0.29) is 47.7 Å². The summed E-state index contributed by atoms with van der Waals surface area (Å²) in [5.74, 6) is 0.865. The molecule has 8 heteroatoms. The lowest BCUT2D eigenvalue weighted by Crippen LogP contribution is -2.50. The van der Waals surface area contributed by atoms with Crippen LogP contribution in [0.25, 0.3) is 0 Å². The van der Waals surface area contributed by atoms with Crippen LogP contribution >= 0.6 is 35.6 Å². The van der Waals surface area contributed by atoms with Crippen molar-refractivity contribution in [2.75, 3.05) is 26.2 Å². The summed E-state index contributed by atoms with van der Waals surface area (Å²) in [7, 11) is 0. The zero-order valence-corrected chi connectivity index (χ0v) is 21.3. The predicted octanol–water partition coefficient (Wildman–Crippen LogP) is 4.62. The fraction of sp³-hybridized carbons (Fsp3) is 0.636. The number of nitrogens with one attached hydrogen (secondary N) is 2. The van der Waals surface area contributed by atoms with Crippen LogP contribution in [0.2, 0.25) is 5.02 Å². The van der Waals surface area contributed by atoms with E-state index in [9.17, 15) is 9.18 Å². The number of rotatable bonds is 8. The SMILES string of the molecule is CCNC(=NCCc1c(F)cccc1Cl)NC1CCN(C(=O)C(CC)CC)CC1.I. The molecular formula is C22H35ClFIN4O. The van der Waals surface area contributed by atoms with Gasteiger partial charge in [-0.3, -0.25) is 9.79 Å². The van der Waals surface area contributed by atoms with Crippen molar-refractivity contribution < 1.29 is 9.18 Å². The van der Waals surface area contributed by atoms with Crippen LogP contribution in [0.3, 0.4) is 0 Å². The lowest BCUT2D eigenvalue weighted by molar-refractivity contribution is -0.136. The lowest BCUT2D eigenvalue weighted by atomic mass is 9.98. The Bertz CT molecular complexity index is 671. The Morgan fingerprint density at radius 2 is 1.93 bits per heavy atom. The van der Waals surface area contributed by atoms with Crippen LogP contribution in [-0.2, 0) is 11.2 Å². The molecule has 1 fully saturated rings. The maximum Gasteiger partial charge on any atom is 0.225 e. The first kappa shape index (κ1) is 26.9. The number of carbonyl (C=O) groups is 1. The van der Waals surface area contributed by atoms with Gasteiger partial charge in [0.05, 0.1) is 0 Å². The van der Waals surface area contributed by atoms with E-state index in [0.717, 1.165) is 51.3 Å². The van der Waals surface area contributed by atoms with Gasteiger partial charge in [-0.1, -0.05) is 31.5 Å². The Hall–Kier alpha value is -1.09. The van der Waals surface area contributed by atoms with Crippen molar-refractivity contribution in [2.45, 2.75) is 58.9 Å². The minimum atomic E-state index is -0.292. The smallest absolute Gasteiger partial charge is 0.225 e. The minimum absolute atomic E-state index is 0.